The number of rotatable bonds is 5. The Bertz CT molecular complexity index is 1510. The van der Waals surface area contributed by atoms with Gasteiger partial charge in [0, 0.05) is 32.1 Å². The second kappa shape index (κ2) is 11.0. The van der Waals surface area contributed by atoms with E-state index in [1.165, 1.54) is 0 Å². The van der Waals surface area contributed by atoms with Crippen LogP contribution in [0.15, 0.2) is 42.6 Å². The van der Waals surface area contributed by atoms with Crippen LogP contribution in [0.5, 0.6) is 0 Å². The van der Waals surface area contributed by atoms with Gasteiger partial charge in [-0.25, -0.2) is 4.39 Å². The van der Waals surface area contributed by atoms with Crippen LogP contribution >= 0.6 is 0 Å². The van der Waals surface area contributed by atoms with Crippen LogP contribution in [0.3, 0.4) is 0 Å². The molecule has 2 atom stereocenters. The highest BCUT2D eigenvalue weighted by atomic mass is 19.4. The zero-order valence-electron chi connectivity index (χ0n) is 23.6. The number of aromatic nitrogens is 2. The predicted molar refractivity (Wildman–Crippen MR) is 147 cm³/mol. The summed E-state index contributed by atoms with van der Waals surface area (Å²) in [6.07, 6.45) is -1.14. The first-order chi connectivity index (χ1) is 19.8. The number of hydrogen-bond acceptors (Lipinski definition) is 4. The Morgan fingerprint density at radius 3 is 2.43 bits per heavy atom. The fourth-order valence-corrected chi connectivity index (χ4v) is 6.28. The molecule has 5 rings (SSSR count). The molecule has 2 aliphatic rings. The Kier molecular flexibility index (Phi) is 7.76. The number of likely N-dealkylation sites (N-methyl/N-ethyl adjacent to an activating group) is 1. The third-order valence-electron chi connectivity index (χ3n) is 8.81. The molecule has 0 radical (unpaired) electrons. The maximum atomic E-state index is 14.4. The van der Waals surface area contributed by atoms with Crippen molar-refractivity contribution in [1.82, 2.24) is 25.3 Å². The van der Waals surface area contributed by atoms with Crippen LogP contribution < -0.4 is 5.32 Å². The molecule has 12 heteroatoms. The molecule has 2 saturated heterocycles. The predicted octanol–water partition coefficient (Wildman–Crippen LogP) is 4.73. The quantitative estimate of drug-likeness (QED) is 0.422. The highest BCUT2D eigenvalue weighted by Gasteiger charge is 2.50. The standard InChI is InChI=1S/C30H33F4N5O3/c1-17(2)25(36-26(40)21-15-20(30(32,33)34)5-6-22(21)31)28(42)39-12-9-29(10-13-39)8-11-38(3)27(41)24(29)18-4-7-23-19(14-18)16-35-37-23/h4-7,14-17,24-25H,8-13H2,1-3H3,(H,35,37)(H,36,40)/t24?,25-/m1/s1. The van der Waals surface area contributed by atoms with E-state index in [2.05, 4.69) is 15.5 Å². The first-order valence-corrected chi connectivity index (χ1v) is 14.0. The molecule has 42 heavy (non-hydrogen) atoms. The molecule has 3 amide bonds. The van der Waals surface area contributed by atoms with Gasteiger partial charge in [0.1, 0.15) is 11.9 Å². The third kappa shape index (κ3) is 5.46. The van der Waals surface area contributed by atoms with Crippen LogP contribution in [0.25, 0.3) is 10.9 Å². The van der Waals surface area contributed by atoms with Crippen LogP contribution in [0.2, 0.25) is 0 Å². The highest BCUT2D eigenvalue weighted by molar-refractivity contribution is 5.98. The zero-order valence-corrected chi connectivity index (χ0v) is 23.6. The van der Waals surface area contributed by atoms with Crippen molar-refractivity contribution in [2.24, 2.45) is 11.3 Å². The Hall–Kier alpha value is -3.96. The molecular formula is C30H33F4N5O3. The second-order valence-corrected chi connectivity index (χ2v) is 11.7. The lowest BCUT2D eigenvalue weighted by atomic mass is 9.62. The van der Waals surface area contributed by atoms with Gasteiger partial charge in [0.25, 0.3) is 5.91 Å². The van der Waals surface area contributed by atoms with E-state index in [0.29, 0.717) is 50.7 Å². The third-order valence-corrected chi connectivity index (χ3v) is 8.81. The number of hydrogen-bond donors (Lipinski definition) is 2. The fraction of sp³-hybridized carbons (Fsp3) is 0.467. The summed E-state index contributed by atoms with van der Waals surface area (Å²) in [6.45, 7) is 4.70. The van der Waals surface area contributed by atoms with Crippen LogP contribution in [0.1, 0.15) is 60.5 Å². The largest absolute Gasteiger partial charge is 0.416 e. The van der Waals surface area contributed by atoms with Gasteiger partial charge in [-0.15, -0.1) is 0 Å². The number of aromatic amines is 1. The van der Waals surface area contributed by atoms with Gasteiger partial charge in [0.05, 0.1) is 28.8 Å². The van der Waals surface area contributed by atoms with Crippen LogP contribution in [0.4, 0.5) is 17.6 Å². The molecule has 2 aromatic carbocycles. The number of piperidine rings is 2. The lowest BCUT2D eigenvalue weighted by Gasteiger charge is -2.51. The minimum atomic E-state index is -4.75. The monoisotopic (exact) mass is 587 g/mol. The summed E-state index contributed by atoms with van der Waals surface area (Å²) in [5.41, 5.74) is -0.525. The molecule has 0 aliphatic carbocycles. The fourth-order valence-electron chi connectivity index (χ4n) is 6.28. The van der Waals surface area contributed by atoms with Gasteiger partial charge in [-0.05, 0) is 66.5 Å². The van der Waals surface area contributed by atoms with E-state index in [1.807, 2.05) is 18.2 Å². The average Bonchev–Trinajstić information content (AvgIpc) is 3.41. The average molecular weight is 588 g/mol. The molecule has 0 saturated carbocycles. The van der Waals surface area contributed by atoms with Gasteiger partial charge < -0.3 is 15.1 Å². The first kappa shape index (κ1) is 29.5. The number of H-pyrrole nitrogens is 1. The number of carbonyl (C=O) groups excluding carboxylic acids is 3. The lowest BCUT2D eigenvalue weighted by Crippen LogP contribution is -2.57. The van der Waals surface area contributed by atoms with Gasteiger partial charge in [0.15, 0.2) is 0 Å². The topological polar surface area (TPSA) is 98.4 Å². The minimum absolute atomic E-state index is 0.0271. The van der Waals surface area contributed by atoms with E-state index >= 15 is 0 Å². The molecule has 2 aliphatic heterocycles. The van der Waals surface area contributed by atoms with Gasteiger partial charge in [-0.2, -0.15) is 18.3 Å². The molecular weight excluding hydrogens is 554 g/mol. The molecule has 8 nitrogen and oxygen atoms in total. The van der Waals surface area contributed by atoms with E-state index in [9.17, 15) is 31.9 Å². The summed E-state index contributed by atoms with van der Waals surface area (Å²) in [7, 11) is 1.79. The van der Waals surface area contributed by atoms with Crippen LogP contribution in [0, 0.1) is 17.2 Å². The summed E-state index contributed by atoms with van der Waals surface area (Å²) < 4.78 is 53.9. The number of likely N-dealkylation sites (tertiary alicyclic amines) is 2. The van der Waals surface area contributed by atoms with Crippen LogP contribution in [-0.2, 0) is 15.8 Å². The first-order valence-electron chi connectivity index (χ1n) is 14.0. The molecule has 3 heterocycles. The Balaban J connectivity index is 1.33. The van der Waals surface area contributed by atoms with Crippen molar-refractivity contribution in [3.05, 3.63) is 65.1 Å². The normalized spacial score (nSPS) is 19.9. The van der Waals surface area contributed by atoms with Gasteiger partial charge in [0.2, 0.25) is 11.8 Å². The maximum Gasteiger partial charge on any atom is 0.416 e. The lowest BCUT2D eigenvalue weighted by molar-refractivity contribution is -0.144. The van der Waals surface area contributed by atoms with Crippen molar-refractivity contribution < 1.29 is 31.9 Å². The van der Waals surface area contributed by atoms with Crippen molar-refractivity contribution in [3.63, 3.8) is 0 Å². The van der Waals surface area contributed by atoms with Crippen molar-refractivity contribution in [2.75, 3.05) is 26.7 Å². The number of alkyl halides is 3. The summed E-state index contributed by atoms with van der Waals surface area (Å²) in [6, 6.07) is 6.38. The Morgan fingerprint density at radius 2 is 1.76 bits per heavy atom. The van der Waals surface area contributed by atoms with E-state index in [1.54, 1.807) is 36.9 Å². The summed E-state index contributed by atoms with van der Waals surface area (Å²) >= 11 is 0. The number of nitrogens with one attached hydrogen (secondary N) is 2. The van der Waals surface area contributed by atoms with E-state index in [4.69, 9.17) is 0 Å². The molecule has 2 N–H and O–H groups in total. The number of fused-ring (bicyclic) bond motifs is 1. The molecule has 1 spiro atoms. The number of halogens is 4. The van der Waals surface area contributed by atoms with Crippen molar-refractivity contribution in [2.45, 2.75) is 51.2 Å². The van der Waals surface area contributed by atoms with Crippen molar-refractivity contribution in [1.29, 1.82) is 0 Å². The van der Waals surface area contributed by atoms with E-state index in [0.717, 1.165) is 22.9 Å². The molecule has 224 valence electrons. The van der Waals surface area contributed by atoms with Gasteiger partial charge >= 0.3 is 6.18 Å². The molecule has 1 aromatic heterocycles. The Labute approximate surface area is 240 Å². The number of amides is 3. The zero-order chi connectivity index (χ0) is 30.4. The summed E-state index contributed by atoms with van der Waals surface area (Å²) in [5, 5.41) is 10.4. The molecule has 2 fully saturated rings. The molecule has 3 aromatic rings. The summed E-state index contributed by atoms with van der Waals surface area (Å²) in [4.78, 5) is 43.4. The van der Waals surface area contributed by atoms with Crippen LogP contribution in [-0.4, -0.2) is 70.4 Å². The second-order valence-electron chi connectivity index (χ2n) is 11.7. The molecule has 0 bridgehead atoms. The van der Waals surface area contributed by atoms with E-state index in [-0.39, 0.29) is 11.3 Å². The van der Waals surface area contributed by atoms with Crippen molar-refractivity contribution >= 4 is 28.6 Å². The minimum Gasteiger partial charge on any atom is -0.345 e. The van der Waals surface area contributed by atoms with Gasteiger partial charge in [-0.1, -0.05) is 19.9 Å². The van der Waals surface area contributed by atoms with Crippen molar-refractivity contribution in [3.8, 4) is 0 Å². The highest BCUT2D eigenvalue weighted by Crippen LogP contribution is 2.50. The maximum absolute atomic E-state index is 14.4. The molecule has 1 unspecified atom stereocenters. The smallest absolute Gasteiger partial charge is 0.345 e. The number of nitrogens with zero attached hydrogens (tertiary/aromatic N) is 3. The Morgan fingerprint density at radius 1 is 1.07 bits per heavy atom. The number of carbonyl (C=O) groups is 3. The summed E-state index contributed by atoms with van der Waals surface area (Å²) in [5.74, 6) is -3.37. The van der Waals surface area contributed by atoms with E-state index < -0.39 is 52.8 Å². The number of benzene rings is 2. The van der Waals surface area contributed by atoms with Gasteiger partial charge in [-0.3, -0.25) is 19.5 Å². The SMILES string of the molecule is CC(C)[C@@H](NC(=O)c1cc(C(F)(F)F)ccc1F)C(=O)N1CCC2(CCN(C)C(=O)C2c2ccc3[nH]ncc3c2)CC1.